The summed E-state index contributed by atoms with van der Waals surface area (Å²) in [4.78, 5) is 15.3. The van der Waals surface area contributed by atoms with Crippen molar-refractivity contribution in [3.05, 3.63) is 34.5 Å². The molecular weight excluding hydrogens is 284 g/mol. The number of halogens is 1. The van der Waals surface area contributed by atoms with E-state index in [-0.39, 0.29) is 11.5 Å². The minimum atomic E-state index is -0.949. The maximum Gasteiger partial charge on any atom is 0.335 e. The molecule has 1 aromatic heterocycles. The summed E-state index contributed by atoms with van der Waals surface area (Å²) in [5.41, 5.74) is 0.999. The number of nitrogens with one attached hydrogen (secondary N) is 1. The third-order valence-corrected chi connectivity index (χ3v) is 2.43. The third-order valence-electron chi connectivity index (χ3n) is 2.14. The fourth-order valence-corrected chi connectivity index (χ4v) is 1.39. The second-order valence-corrected chi connectivity index (χ2v) is 5.12. The normalized spacial score (nSPS) is 10.4. The molecule has 0 aromatic carbocycles. The molecule has 0 spiro atoms. The monoisotopic (exact) mass is 298 g/mol. The van der Waals surface area contributed by atoms with Crippen LogP contribution in [0.15, 0.2) is 23.2 Å². The Morgan fingerprint density at radius 3 is 2.71 bits per heavy atom. The zero-order valence-corrected chi connectivity index (χ0v) is 11.4. The van der Waals surface area contributed by atoms with Gasteiger partial charge in [-0.3, -0.25) is 0 Å². The number of carboxylic acid groups (broad SMARTS) is 1. The molecule has 1 rings (SSSR count). The largest absolute Gasteiger partial charge is 0.478 e. The Morgan fingerprint density at radius 1 is 1.59 bits per heavy atom. The quantitative estimate of drug-likeness (QED) is 0.876. The standard InChI is InChI=1S/C12H15BrN2O2/c1-7(2)10-4-9(12(16)17)5-11(15-10)14-6-8(3)13/h4-5,7H,3,6H2,1-2H3,(H,14,15)(H,16,17). The Kier molecular flexibility index (Phi) is 4.69. The predicted octanol–water partition coefficient (Wildman–Crippen LogP) is 3.22. The molecule has 0 fully saturated rings. The van der Waals surface area contributed by atoms with Gasteiger partial charge in [0.05, 0.1) is 5.56 Å². The van der Waals surface area contributed by atoms with Gasteiger partial charge < -0.3 is 10.4 Å². The van der Waals surface area contributed by atoms with Crippen molar-refractivity contribution in [3.8, 4) is 0 Å². The number of hydrogen-bond acceptors (Lipinski definition) is 3. The highest BCUT2D eigenvalue weighted by molar-refractivity contribution is 9.11. The van der Waals surface area contributed by atoms with Crippen molar-refractivity contribution in [2.75, 3.05) is 11.9 Å². The molecule has 4 nitrogen and oxygen atoms in total. The number of pyridine rings is 1. The Labute approximate surface area is 109 Å². The molecule has 1 heterocycles. The lowest BCUT2D eigenvalue weighted by Crippen LogP contribution is -2.08. The number of hydrogen-bond donors (Lipinski definition) is 2. The van der Waals surface area contributed by atoms with Crippen molar-refractivity contribution in [1.29, 1.82) is 0 Å². The maximum absolute atomic E-state index is 11.0. The first-order valence-corrected chi connectivity index (χ1v) is 6.02. The zero-order chi connectivity index (χ0) is 13.0. The molecule has 0 aliphatic heterocycles. The van der Waals surface area contributed by atoms with Gasteiger partial charge in [-0.2, -0.15) is 0 Å². The molecule has 0 saturated heterocycles. The van der Waals surface area contributed by atoms with Gasteiger partial charge in [0.15, 0.2) is 0 Å². The molecule has 5 heteroatoms. The van der Waals surface area contributed by atoms with Crippen LogP contribution in [-0.2, 0) is 0 Å². The number of anilines is 1. The number of carboxylic acids is 1. The van der Waals surface area contributed by atoms with Crippen molar-refractivity contribution in [1.82, 2.24) is 4.98 Å². The predicted molar refractivity (Wildman–Crippen MR) is 71.8 cm³/mol. The number of rotatable bonds is 5. The zero-order valence-electron chi connectivity index (χ0n) is 9.83. The van der Waals surface area contributed by atoms with E-state index in [2.05, 4.69) is 32.8 Å². The van der Waals surface area contributed by atoms with E-state index in [0.29, 0.717) is 12.4 Å². The smallest absolute Gasteiger partial charge is 0.335 e. The molecule has 0 radical (unpaired) electrons. The van der Waals surface area contributed by atoms with Crippen LogP contribution in [0.4, 0.5) is 5.82 Å². The molecule has 1 aromatic rings. The minimum absolute atomic E-state index is 0.182. The SMILES string of the molecule is C=C(Br)CNc1cc(C(=O)O)cc(C(C)C)n1. The molecule has 0 amide bonds. The van der Waals surface area contributed by atoms with Gasteiger partial charge in [-0.05, 0) is 18.1 Å². The van der Waals surface area contributed by atoms with Gasteiger partial charge in [0.1, 0.15) is 5.82 Å². The van der Waals surface area contributed by atoms with Crippen LogP contribution in [0.3, 0.4) is 0 Å². The second kappa shape index (κ2) is 5.82. The van der Waals surface area contributed by atoms with Gasteiger partial charge in [0.2, 0.25) is 0 Å². The summed E-state index contributed by atoms with van der Waals surface area (Å²) in [6.45, 7) is 8.15. The van der Waals surface area contributed by atoms with Crippen molar-refractivity contribution >= 4 is 27.7 Å². The minimum Gasteiger partial charge on any atom is -0.478 e. The van der Waals surface area contributed by atoms with Gasteiger partial charge in [-0.25, -0.2) is 9.78 Å². The van der Waals surface area contributed by atoms with Gasteiger partial charge >= 0.3 is 5.97 Å². The number of carbonyl (C=O) groups is 1. The van der Waals surface area contributed by atoms with Gasteiger partial charge in [0.25, 0.3) is 0 Å². The summed E-state index contributed by atoms with van der Waals surface area (Å²) in [6, 6.07) is 3.12. The van der Waals surface area contributed by atoms with Crippen LogP contribution in [0.2, 0.25) is 0 Å². The van der Waals surface area contributed by atoms with E-state index in [9.17, 15) is 4.79 Å². The maximum atomic E-state index is 11.0. The fraction of sp³-hybridized carbons (Fsp3) is 0.333. The average molecular weight is 299 g/mol. The highest BCUT2D eigenvalue weighted by Crippen LogP contribution is 2.18. The lowest BCUT2D eigenvalue weighted by atomic mass is 10.1. The number of aromatic nitrogens is 1. The highest BCUT2D eigenvalue weighted by atomic mass is 79.9. The summed E-state index contributed by atoms with van der Waals surface area (Å²) >= 11 is 3.23. The van der Waals surface area contributed by atoms with Crippen molar-refractivity contribution in [2.24, 2.45) is 0 Å². The first kappa shape index (κ1) is 13.7. The summed E-state index contributed by atoms with van der Waals surface area (Å²) in [6.07, 6.45) is 0. The Bertz CT molecular complexity index is 444. The lowest BCUT2D eigenvalue weighted by Gasteiger charge is -2.10. The van der Waals surface area contributed by atoms with Gasteiger partial charge in [-0.15, -0.1) is 0 Å². The van der Waals surface area contributed by atoms with E-state index >= 15 is 0 Å². The molecule has 92 valence electrons. The fourth-order valence-electron chi connectivity index (χ4n) is 1.25. The molecule has 0 unspecified atom stereocenters. The van der Waals surface area contributed by atoms with E-state index in [0.717, 1.165) is 10.2 Å². The van der Waals surface area contributed by atoms with E-state index in [1.807, 2.05) is 13.8 Å². The van der Waals surface area contributed by atoms with Gasteiger partial charge in [-0.1, -0.05) is 36.4 Å². The van der Waals surface area contributed by atoms with E-state index in [4.69, 9.17) is 5.11 Å². The topological polar surface area (TPSA) is 62.2 Å². The van der Waals surface area contributed by atoms with Crippen molar-refractivity contribution in [3.63, 3.8) is 0 Å². The van der Waals surface area contributed by atoms with Crippen LogP contribution >= 0.6 is 15.9 Å². The first-order chi connectivity index (χ1) is 7.90. The summed E-state index contributed by atoms with van der Waals surface area (Å²) in [7, 11) is 0. The second-order valence-electron chi connectivity index (χ2n) is 4.00. The molecular formula is C12H15BrN2O2. The molecule has 0 atom stereocenters. The Balaban J connectivity index is 3.03. The van der Waals surface area contributed by atoms with E-state index < -0.39 is 5.97 Å². The number of nitrogens with zero attached hydrogens (tertiary/aromatic N) is 1. The summed E-state index contributed by atoms with van der Waals surface area (Å²) < 4.78 is 0.783. The van der Waals surface area contributed by atoms with Crippen molar-refractivity contribution < 1.29 is 9.90 Å². The molecule has 0 aliphatic carbocycles. The molecule has 0 bridgehead atoms. The van der Waals surface area contributed by atoms with Crippen LogP contribution < -0.4 is 5.32 Å². The summed E-state index contributed by atoms with van der Waals surface area (Å²) in [5, 5.41) is 12.0. The third kappa shape index (κ3) is 4.19. The van der Waals surface area contributed by atoms with Crippen LogP contribution in [-0.4, -0.2) is 22.6 Å². The van der Waals surface area contributed by atoms with Crippen LogP contribution in [0.5, 0.6) is 0 Å². The lowest BCUT2D eigenvalue weighted by molar-refractivity contribution is 0.0696. The Morgan fingerprint density at radius 2 is 2.24 bits per heavy atom. The molecule has 17 heavy (non-hydrogen) atoms. The summed E-state index contributed by atoms with van der Waals surface area (Å²) in [5.74, 6) is -0.216. The Hall–Kier alpha value is -1.36. The molecule has 2 N–H and O–H groups in total. The van der Waals surface area contributed by atoms with E-state index in [1.165, 1.54) is 6.07 Å². The van der Waals surface area contributed by atoms with Crippen molar-refractivity contribution in [2.45, 2.75) is 19.8 Å². The highest BCUT2D eigenvalue weighted by Gasteiger charge is 2.10. The molecule has 0 saturated carbocycles. The van der Waals surface area contributed by atoms with Crippen LogP contribution in [0.25, 0.3) is 0 Å². The van der Waals surface area contributed by atoms with E-state index in [1.54, 1.807) is 6.07 Å². The van der Waals surface area contributed by atoms with Gasteiger partial charge in [0, 0.05) is 16.7 Å². The van der Waals surface area contributed by atoms with Crippen LogP contribution in [0.1, 0.15) is 35.8 Å². The molecule has 0 aliphatic rings. The first-order valence-electron chi connectivity index (χ1n) is 5.22. The average Bonchev–Trinajstić information content (AvgIpc) is 2.25. The number of aromatic carboxylic acids is 1. The van der Waals surface area contributed by atoms with Crippen LogP contribution in [0, 0.1) is 0 Å².